The molecule has 0 aliphatic carbocycles. The molecule has 1 aromatic heterocycles. The topological polar surface area (TPSA) is 63.0 Å². The number of furan rings is 1. The van der Waals surface area contributed by atoms with Crippen molar-refractivity contribution in [2.75, 3.05) is 32.8 Å². The summed E-state index contributed by atoms with van der Waals surface area (Å²) in [5.41, 5.74) is 0. The zero-order chi connectivity index (χ0) is 21.8. The van der Waals surface area contributed by atoms with Gasteiger partial charge in [0.1, 0.15) is 5.75 Å². The molecule has 0 saturated carbocycles. The van der Waals surface area contributed by atoms with Crippen LogP contribution in [0, 0.1) is 23.7 Å². The van der Waals surface area contributed by atoms with Crippen molar-refractivity contribution >= 4 is 11.8 Å². The fourth-order valence-corrected chi connectivity index (χ4v) is 4.96. The highest BCUT2D eigenvalue weighted by molar-refractivity contribution is 5.91. The van der Waals surface area contributed by atoms with Gasteiger partial charge in [-0.1, -0.05) is 32.0 Å². The van der Waals surface area contributed by atoms with Crippen LogP contribution in [0.4, 0.5) is 0 Å². The highest BCUT2D eigenvalue weighted by Crippen LogP contribution is 2.37. The van der Waals surface area contributed by atoms with Gasteiger partial charge >= 0.3 is 0 Å². The van der Waals surface area contributed by atoms with Crippen molar-refractivity contribution in [3.63, 3.8) is 0 Å². The second-order valence-corrected chi connectivity index (χ2v) is 9.05. The number of hydrogen-bond acceptors (Lipinski definition) is 4. The first-order valence-corrected chi connectivity index (χ1v) is 11.3. The number of amides is 2. The highest BCUT2D eigenvalue weighted by Gasteiger charge is 2.42. The van der Waals surface area contributed by atoms with E-state index in [1.807, 2.05) is 54.0 Å². The normalized spacial score (nSPS) is 22.2. The Kier molecular flexibility index (Phi) is 6.64. The lowest BCUT2D eigenvalue weighted by Crippen LogP contribution is -2.43. The Morgan fingerprint density at radius 3 is 2.42 bits per heavy atom. The van der Waals surface area contributed by atoms with Crippen molar-refractivity contribution in [2.45, 2.75) is 26.7 Å². The molecule has 1 aromatic carbocycles. The van der Waals surface area contributed by atoms with Gasteiger partial charge in [0.15, 0.2) is 5.76 Å². The van der Waals surface area contributed by atoms with Gasteiger partial charge in [0, 0.05) is 38.0 Å². The smallest absolute Gasteiger partial charge is 0.289 e. The summed E-state index contributed by atoms with van der Waals surface area (Å²) in [6, 6.07) is 13.3. The van der Waals surface area contributed by atoms with Gasteiger partial charge in [-0.15, -0.1) is 0 Å². The van der Waals surface area contributed by atoms with Gasteiger partial charge in [0.25, 0.3) is 5.91 Å². The molecule has 2 aliphatic rings. The molecule has 2 aromatic rings. The maximum Gasteiger partial charge on any atom is 0.289 e. The molecule has 2 amide bonds. The lowest BCUT2D eigenvalue weighted by Gasteiger charge is -2.37. The van der Waals surface area contributed by atoms with Crippen molar-refractivity contribution in [1.82, 2.24) is 9.80 Å². The molecule has 0 bridgehead atoms. The molecule has 0 spiro atoms. The summed E-state index contributed by atoms with van der Waals surface area (Å²) in [5.74, 6) is 2.57. The minimum absolute atomic E-state index is 0.0384. The predicted molar refractivity (Wildman–Crippen MR) is 118 cm³/mol. The summed E-state index contributed by atoms with van der Waals surface area (Å²) < 4.78 is 11.4. The van der Waals surface area contributed by atoms with Gasteiger partial charge in [0.05, 0.1) is 12.9 Å². The molecule has 4 rings (SSSR count). The molecule has 6 nitrogen and oxygen atoms in total. The molecule has 2 unspecified atom stereocenters. The summed E-state index contributed by atoms with van der Waals surface area (Å²) in [6.45, 7) is 7.49. The quantitative estimate of drug-likeness (QED) is 0.705. The summed E-state index contributed by atoms with van der Waals surface area (Å²) >= 11 is 0. The molecule has 0 radical (unpaired) electrons. The zero-order valence-corrected chi connectivity index (χ0v) is 18.4. The number of nitrogens with zero attached hydrogens (tertiary/aromatic N) is 2. The van der Waals surface area contributed by atoms with Gasteiger partial charge < -0.3 is 19.0 Å². The SMILES string of the molecule is CC(C)C(=O)N1CCC(C2CN(C(=O)c3ccco3)CC2COc2ccccc2)CC1. The van der Waals surface area contributed by atoms with Crippen molar-refractivity contribution < 1.29 is 18.7 Å². The summed E-state index contributed by atoms with van der Waals surface area (Å²) in [6.07, 6.45) is 3.50. The number of carbonyl (C=O) groups excluding carboxylic acids is 2. The highest BCUT2D eigenvalue weighted by atomic mass is 16.5. The molecule has 2 aliphatic heterocycles. The first-order valence-electron chi connectivity index (χ1n) is 11.3. The van der Waals surface area contributed by atoms with Crippen LogP contribution in [0.3, 0.4) is 0 Å². The van der Waals surface area contributed by atoms with Crippen molar-refractivity contribution in [3.8, 4) is 5.75 Å². The Balaban J connectivity index is 1.43. The van der Waals surface area contributed by atoms with Crippen LogP contribution in [0.2, 0.25) is 0 Å². The second kappa shape index (κ2) is 9.58. The maximum absolute atomic E-state index is 12.9. The van der Waals surface area contributed by atoms with E-state index in [-0.39, 0.29) is 23.7 Å². The third-order valence-electron chi connectivity index (χ3n) is 6.67. The summed E-state index contributed by atoms with van der Waals surface area (Å²) in [4.78, 5) is 29.2. The molecule has 2 saturated heterocycles. The lowest BCUT2D eigenvalue weighted by atomic mass is 9.78. The predicted octanol–water partition coefficient (Wildman–Crippen LogP) is 3.94. The first-order chi connectivity index (χ1) is 15.0. The van der Waals surface area contributed by atoms with Crippen LogP contribution >= 0.6 is 0 Å². The number of rotatable bonds is 6. The van der Waals surface area contributed by atoms with Gasteiger partial charge in [-0.2, -0.15) is 0 Å². The molecule has 2 atom stereocenters. The average Bonchev–Trinajstić information content (AvgIpc) is 3.48. The standard InChI is InChI=1S/C25H32N2O4/c1-18(2)24(28)26-12-10-19(11-13-26)22-16-27(25(29)23-9-6-14-30-23)15-20(22)17-31-21-7-4-3-5-8-21/h3-9,14,18-20,22H,10-13,15-17H2,1-2H3. The molecule has 6 heteroatoms. The van der Waals surface area contributed by atoms with Crippen LogP contribution in [-0.2, 0) is 4.79 Å². The average molecular weight is 425 g/mol. The number of carbonyl (C=O) groups is 2. The van der Waals surface area contributed by atoms with Crippen LogP contribution in [0.25, 0.3) is 0 Å². The van der Waals surface area contributed by atoms with Gasteiger partial charge in [-0.25, -0.2) is 0 Å². The van der Waals surface area contributed by atoms with Crippen molar-refractivity contribution in [3.05, 3.63) is 54.5 Å². The van der Waals surface area contributed by atoms with E-state index in [9.17, 15) is 9.59 Å². The van der Waals surface area contributed by atoms with Crippen LogP contribution in [0.1, 0.15) is 37.2 Å². The number of hydrogen-bond donors (Lipinski definition) is 0. The molecule has 3 heterocycles. The molecular formula is C25H32N2O4. The third-order valence-corrected chi connectivity index (χ3v) is 6.67. The third kappa shape index (κ3) is 4.94. The Hall–Kier alpha value is -2.76. The number of likely N-dealkylation sites (tertiary alicyclic amines) is 2. The van der Waals surface area contributed by atoms with Crippen LogP contribution < -0.4 is 4.74 Å². The van der Waals surface area contributed by atoms with Gasteiger partial charge in [-0.05, 0) is 48.9 Å². The Morgan fingerprint density at radius 2 is 1.77 bits per heavy atom. The number of ether oxygens (including phenoxy) is 1. The Labute approximate surface area is 184 Å². The second-order valence-electron chi connectivity index (χ2n) is 9.05. The maximum atomic E-state index is 12.9. The number of benzene rings is 1. The van der Waals surface area contributed by atoms with Gasteiger partial charge in [-0.3, -0.25) is 9.59 Å². The largest absolute Gasteiger partial charge is 0.493 e. The van der Waals surface area contributed by atoms with E-state index in [2.05, 4.69) is 0 Å². The van der Waals surface area contributed by atoms with E-state index >= 15 is 0 Å². The van der Waals surface area contributed by atoms with Crippen molar-refractivity contribution in [1.29, 1.82) is 0 Å². The molecule has 166 valence electrons. The van der Waals surface area contributed by atoms with E-state index in [0.717, 1.165) is 31.7 Å². The van der Waals surface area contributed by atoms with Gasteiger partial charge in [0.2, 0.25) is 5.91 Å². The first kappa shape index (κ1) is 21.5. The van der Waals surface area contributed by atoms with Crippen LogP contribution in [-0.4, -0.2) is 54.4 Å². The monoisotopic (exact) mass is 424 g/mol. The molecule has 31 heavy (non-hydrogen) atoms. The summed E-state index contributed by atoms with van der Waals surface area (Å²) in [5, 5.41) is 0. The summed E-state index contributed by atoms with van der Waals surface area (Å²) in [7, 11) is 0. The minimum atomic E-state index is -0.0513. The number of piperidine rings is 1. The Bertz CT molecular complexity index is 857. The minimum Gasteiger partial charge on any atom is -0.493 e. The van der Waals surface area contributed by atoms with Crippen LogP contribution in [0.5, 0.6) is 5.75 Å². The Morgan fingerprint density at radius 1 is 1.03 bits per heavy atom. The molecule has 0 N–H and O–H groups in total. The van der Waals surface area contributed by atoms with E-state index in [4.69, 9.17) is 9.15 Å². The number of para-hydroxylation sites is 1. The van der Waals surface area contributed by atoms with E-state index in [1.165, 1.54) is 6.26 Å². The molecule has 2 fully saturated rings. The van der Waals surface area contributed by atoms with Crippen molar-refractivity contribution in [2.24, 2.45) is 23.7 Å². The fourth-order valence-electron chi connectivity index (χ4n) is 4.96. The van der Waals surface area contributed by atoms with E-state index in [0.29, 0.717) is 37.3 Å². The van der Waals surface area contributed by atoms with E-state index < -0.39 is 0 Å². The van der Waals surface area contributed by atoms with E-state index in [1.54, 1.807) is 12.1 Å². The molecular weight excluding hydrogens is 392 g/mol. The zero-order valence-electron chi connectivity index (χ0n) is 18.4. The fraction of sp³-hybridized carbons (Fsp3) is 0.520. The lowest BCUT2D eigenvalue weighted by molar-refractivity contribution is -0.136. The van der Waals surface area contributed by atoms with Crippen LogP contribution in [0.15, 0.2) is 53.1 Å².